The average molecular weight is 289 g/mol. The van der Waals surface area contributed by atoms with Crippen molar-refractivity contribution in [1.29, 1.82) is 0 Å². The predicted octanol–water partition coefficient (Wildman–Crippen LogP) is 5.41. The Balaban J connectivity index is 2.02. The van der Waals surface area contributed by atoms with Crippen LogP contribution in [0, 0.1) is 18.3 Å². The number of nitrogens with one attached hydrogen (secondary N) is 1. The minimum Gasteiger partial charge on any atom is -0.495 e. The van der Waals surface area contributed by atoms with Crippen molar-refractivity contribution >= 4 is 5.69 Å². The van der Waals surface area contributed by atoms with Gasteiger partial charge in [0.1, 0.15) is 5.75 Å². The van der Waals surface area contributed by atoms with Crippen LogP contribution in [0.4, 0.5) is 5.69 Å². The van der Waals surface area contributed by atoms with Gasteiger partial charge in [0.2, 0.25) is 0 Å². The molecule has 0 aliphatic heterocycles. The van der Waals surface area contributed by atoms with Gasteiger partial charge in [-0.3, -0.25) is 0 Å². The standard InChI is InChI=1S/C19H31NO/c1-14-9-12-18(21-5)17(13-14)20-16-8-6-7-15(10-11-16)19(2,3)4/h9,12-13,15-16,20H,6-8,10-11H2,1-5H3. The molecule has 2 unspecified atom stereocenters. The molecule has 1 saturated carbocycles. The first kappa shape index (κ1) is 16.2. The van der Waals surface area contributed by atoms with Crippen LogP contribution in [0.2, 0.25) is 0 Å². The number of aryl methyl sites for hydroxylation is 1. The molecule has 0 saturated heterocycles. The number of ether oxygens (including phenoxy) is 1. The molecule has 1 fully saturated rings. The minimum absolute atomic E-state index is 0.440. The van der Waals surface area contributed by atoms with Crippen molar-refractivity contribution < 1.29 is 4.74 Å². The second kappa shape index (κ2) is 6.72. The van der Waals surface area contributed by atoms with Crippen LogP contribution >= 0.6 is 0 Å². The number of benzene rings is 1. The molecule has 0 radical (unpaired) electrons. The van der Waals surface area contributed by atoms with E-state index in [0.29, 0.717) is 11.5 Å². The summed E-state index contributed by atoms with van der Waals surface area (Å²) >= 11 is 0. The van der Waals surface area contributed by atoms with E-state index in [-0.39, 0.29) is 0 Å². The summed E-state index contributed by atoms with van der Waals surface area (Å²) in [6.45, 7) is 9.28. The molecule has 2 atom stereocenters. The van der Waals surface area contributed by atoms with Crippen LogP contribution in [0.3, 0.4) is 0 Å². The van der Waals surface area contributed by atoms with Crippen molar-refractivity contribution in [3.63, 3.8) is 0 Å². The third-order valence-electron chi connectivity index (χ3n) is 4.91. The smallest absolute Gasteiger partial charge is 0.141 e. The molecule has 2 nitrogen and oxygen atoms in total. The third kappa shape index (κ3) is 4.39. The van der Waals surface area contributed by atoms with Crippen LogP contribution in [0.15, 0.2) is 18.2 Å². The molecule has 1 aromatic rings. The Bertz CT molecular complexity index is 461. The first-order valence-electron chi connectivity index (χ1n) is 8.31. The van der Waals surface area contributed by atoms with E-state index < -0.39 is 0 Å². The molecule has 1 aliphatic rings. The van der Waals surface area contributed by atoms with Gasteiger partial charge in [-0.1, -0.05) is 33.3 Å². The quantitative estimate of drug-likeness (QED) is 0.751. The zero-order valence-electron chi connectivity index (χ0n) is 14.3. The van der Waals surface area contributed by atoms with Gasteiger partial charge in [-0.05, 0) is 61.6 Å². The van der Waals surface area contributed by atoms with Crippen molar-refractivity contribution in [3.8, 4) is 5.75 Å². The fourth-order valence-electron chi connectivity index (χ4n) is 3.47. The lowest BCUT2D eigenvalue weighted by Crippen LogP contribution is -2.21. The molecule has 21 heavy (non-hydrogen) atoms. The molecule has 1 aromatic carbocycles. The summed E-state index contributed by atoms with van der Waals surface area (Å²) < 4.78 is 5.49. The Hall–Kier alpha value is -1.18. The molecule has 2 heteroatoms. The van der Waals surface area contributed by atoms with Gasteiger partial charge in [0, 0.05) is 6.04 Å². The van der Waals surface area contributed by atoms with Gasteiger partial charge >= 0.3 is 0 Å². The van der Waals surface area contributed by atoms with Gasteiger partial charge in [-0.25, -0.2) is 0 Å². The summed E-state index contributed by atoms with van der Waals surface area (Å²) in [5.41, 5.74) is 2.87. The monoisotopic (exact) mass is 289 g/mol. The van der Waals surface area contributed by atoms with Crippen LogP contribution < -0.4 is 10.1 Å². The first-order chi connectivity index (χ1) is 9.90. The Morgan fingerprint density at radius 2 is 1.86 bits per heavy atom. The maximum absolute atomic E-state index is 5.49. The number of methoxy groups -OCH3 is 1. The number of hydrogen-bond donors (Lipinski definition) is 1. The highest BCUT2D eigenvalue weighted by molar-refractivity contribution is 5.58. The summed E-state index contributed by atoms with van der Waals surface area (Å²) in [5, 5.41) is 3.73. The van der Waals surface area contributed by atoms with E-state index in [1.807, 2.05) is 0 Å². The topological polar surface area (TPSA) is 21.3 Å². The van der Waals surface area contributed by atoms with Gasteiger partial charge in [0.05, 0.1) is 12.8 Å². The lowest BCUT2D eigenvalue weighted by atomic mass is 9.76. The SMILES string of the molecule is COc1ccc(C)cc1NC1CCCC(C(C)(C)C)CC1. The number of rotatable bonds is 3. The lowest BCUT2D eigenvalue weighted by Gasteiger charge is -2.29. The van der Waals surface area contributed by atoms with Crippen LogP contribution in [0.5, 0.6) is 5.75 Å². The van der Waals surface area contributed by atoms with Gasteiger partial charge < -0.3 is 10.1 Å². The van der Waals surface area contributed by atoms with Crippen LogP contribution in [-0.2, 0) is 0 Å². The summed E-state index contributed by atoms with van der Waals surface area (Å²) in [6, 6.07) is 6.94. The van der Waals surface area contributed by atoms with E-state index >= 15 is 0 Å². The van der Waals surface area contributed by atoms with E-state index in [1.54, 1.807) is 7.11 Å². The van der Waals surface area contributed by atoms with Crippen molar-refractivity contribution in [2.45, 2.75) is 65.8 Å². The van der Waals surface area contributed by atoms with Gasteiger partial charge in [-0.15, -0.1) is 0 Å². The molecule has 1 N–H and O–H groups in total. The molecule has 0 amide bonds. The van der Waals surface area contributed by atoms with E-state index in [9.17, 15) is 0 Å². The highest BCUT2D eigenvalue weighted by Crippen LogP contribution is 2.38. The van der Waals surface area contributed by atoms with Crippen molar-refractivity contribution in [2.75, 3.05) is 12.4 Å². The Morgan fingerprint density at radius 3 is 2.52 bits per heavy atom. The maximum Gasteiger partial charge on any atom is 0.141 e. The molecule has 0 spiro atoms. The van der Waals surface area contributed by atoms with Crippen molar-refractivity contribution in [2.24, 2.45) is 11.3 Å². The Morgan fingerprint density at radius 1 is 1.10 bits per heavy atom. The fourth-order valence-corrected chi connectivity index (χ4v) is 3.47. The zero-order valence-corrected chi connectivity index (χ0v) is 14.3. The molecular weight excluding hydrogens is 258 g/mol. The Labute approximate surface area is 130 Å². The molecule has 0 bridgehead atoms. The van der Waals surface area contributed by atoms with E-state index in [2.05, 4.69) is 51.2 Å². The van der Waals surface area contributed by atoms with E-state index in [4.69, 9.17) is 4.74 Å². The Kier molecular flexibility index (Phi) is 5.18. The summed E-state index contributed by atoms with van der Waals surface area (Å²) in [6.07, 6.45) is 6.55. The zero-order chi connectivity index (χ0) is 15.5. The van der Waals surface area contributed by atoms with Crippen LogP contribution in [-0.4, -0.2) is 13.2 Å². The number of hydrogen-bond acceptors (Lipinski definition) is 2. The lowest BCUT2D eigenvalue weighted by molar-refractivity contribution is 0.214. The van der Waals surface area contributed by atoms with Gasteiger partial charge in [0.15, 0.2) is 0 Å². The predicted molar refractivity (Wildman–Crippen MR) is 91.2 cm³/mol. The summed E-state index contributed by atoms with van der Waals surface area (Å²) in [5.74, 6) is 1.81. The van der Waals surface area contributed by atoms with E-state index in [1.165, 1.54) is 37.7 Å². The molecular formula is C19H31NO. The molecule has 1 aliphatic carbocycles. The fraction of sp³-hybridized carbons (Fsp3) is 0.684. The normalized spacial score (nSPS) is 23.5. The average Bonchev–Trinajstić information content (AvgIpc) is 2.64. The minimum atomic E-state index is 0.440. The highest BCUT2D eigenvalue weighted by Gasteiger charge is 2.27. The largest absolute Gasteiger partial charge is 0.495 e. The second-order valence-corrected chi connectivity index (χ2v) is 7.62. The van der Waals surface area contributed by atoms with Gasteiger partial charge in [-0.2, -0.15) is 0 Å². The molecule has 118 valence electrons. The van der Waals surface area contributed by atoms with Gasteiger partial charge in [0.25, 0.3) is 0 Å². The summed E-state index contributed by atoms with van der Waals surface area (Å²) in [7, 11) is 1.75. The molecule has 0 heterocycles. The second-order valence-electron chi connectivity index (χ2n) is 7.62. The highest BCUT2D eigenvalue weighted by atomic mass is 16.5. The van der Waals surface area contributed by atoms with Crippen molar-refractivity contribution in [1.82, 2.24) is 0 Å². The van der Waals surface area contributed by atoms with Crippen LogP contribution in [0.25, 0.3) is 0 Å². The third-order valence-corrected chi connectivity index (χ3v) is 4.91. The first-order valence-corrected chi connectivity index (χ1v) is 8.31. The van der Waals surface area contributed by atoms with Crippen LogP contribution in [0.1, 0.15) is 58.4 Å². The molecule has 0 aromatic heterocycles. The summed E-state index contributed by atoms with van der Waals surface area (Å²) in [4.78, 5) is 0. The van der Waals surface area contributed by atoms with Crippen molar-refractivity contribution in [3.05, 3.63) is 23.8 Å². The molecule has 2 rings (SSSR count). The number of anilines is 1. The maximum atomic E-state index is 5.49. The van der Waals surface area contributed by atoms with E-state index in [0.717, 1.165) is 17.4 Å².